The monoisotopic (exact) mass is 480 g/mol. The number of ether oxygens (including phenoxy) is 2. The Morgan fingerprint density at radius 2 is 2.00 bits per heavy atom. The van der Waals surface area contributed by atoms with Crippen LogP contribution in [0.1, 0.15) is 63.3 Å². The molecule has 3 heterocycles. The molecule has 34 heavy (non-hydrogen) atoms. The van der Waals surface area contributed by atoms with E-state index >= 15 is 0 Å². The smallest absolute Gasteiger partial charge is 0.421 e. The predicted octanol–water partition coefficient (Wildman–Crippen LogP) is 4.19. The highest BCUT2D eigenvalue weighted by Crippen LogP contribution is 2.45. The van der Waals surface area contributed by atoms with Crippen LogP contribution in [0.4, 0.5) is 30.8 Å². The Bertz CT molecular complexity index is 1110. The summed E-state index contributed by atoms with van der Waals surface area (Å²) in [5.74, 6) is 0.0448. The molecule has 2 atom stereocenters. The summed E-state index contributed by atoms with van der Waals surface area (Å²) in [7, 11) is 1.32. The Balaban J connectivity index is 1.66. The quantitative estimate of drug-likeness (QED) is 0.631. The highest BCUT2D eigenvalue weighted by molar-refractivity contribution is 5.83. The minimum Gasteiger partial charge on any atom is -0.487 e. The second kappa shape index (κ2) is 8.02. The normalized spacial score (nSPS) is 22.4. The molecule has 0 amide bonds. The van der Waals surface area contributed by atoms with E-state index in [1.54, 1.807) is 18.5 Å². The SMILES string of the molecule is COC(=O)C(C)(C)c1nn(C2CCC2)c2c1OCC1CC[C@H]1Nc1nc(ncc1C(F)(F)F)N2. The number of nitrogens with one attached hydrogen (secondary N) is 2. The Kier molecular flexibility index (Phi) is 5.36. The molecule has 2 bridgehead atoms. The summed E-state index contributed by atoms with van der Waals surface area (Å²) in [4.78, 5) is 20.7. The zero-order chi connectivity index (χ0) is 24.3. The van der Waals surface area contributed by atoms with Crippen molar-refractivity contribution >= 4 is 23.6 Å². The van der Waals surface area contributed by atoms with Crippen LogP contribution in [0, 0.1) is 5.92 Å². The third kappa shape index (κ3) is 3.72. The molecule has 2 saturated carbocycles. The lowest BCUT2D eigenvalue weighted by Crippen LogP contribution is -2.42. The van der Waals surface area contributed by atoms with Gasteiger partial charge in [-0.25, -0.2) is 9.67 Å². The predicted molar refractivity (Wildman–Crippen MR) is 116 cm³/mol. The second-order valence-electron chi connectivity index (χ2n) is 9.65. The van der Waals surface area contributed by atoms with Gasteiger partial charge in [-0.15, -0.1) is 0 Å². The van der Waals surface area contributed by atoms with Crippen molar-refractivity contribution in [1.29, 1.82) is 0 Å². The Labute approximate surface area is 194 Å². The first-order valence-electron chi connectivity index (χ1n) is 11.4. The largest absolute Gasteiger partial charge is 0.487 e. The zero-order valence-corrected chi connectivity index (χ0v) is 19.2. The van der Waals surface area contributed by atoms with Crippen molar-refractivity contribution in [3.05, 3.63) is 17.5 Å². The maximum Gasteiger partial charge on any atom is 0.421 e. The number of hydrogen-bond donors (Lipinski definition) is 2. The first-order chi connectivity index (χ1) is 16.1. The number of aromatic nitrogens is 4. The average molecular weight is 480 g/mol. The minimum absolute atomic E-state index is 0.0129. The average Bonchev–Trinajstić information content (AvgIpc) is 3.06. The molecule has 2 aromatic heterocycles. The first-order valence-corrected chi connectivity index (χ1v) is 11.4. The van der Waals surface area contributed by atoms with Crippen LogP contribution in [0.5, 0.6) is 5.75 Å². The number of hydrogen-bond acceptors (Lipinski definition) is 8. The molecule has 0 saturated heterocycles. The molecular formula is C22H27F3N6O3. The number of anilines is 3. The van der Waals surface area contributed by atoms with Gasteiger partial charge in [0.15, 0.2) is 11.6 Å². The van der Waals surface area contributed by atoms with Crippen LogP contribution in [0.15, 0.2) is 6.20 Å². The van der Waals surface area contributed by atoms with Gasteiger partial charge in [0.05, 0.1) is 19.8 Å². The van der Waals surface area contributed by atoms with Gasteiger partial charge in [0.1, 0.15) is 22.5 Å². The highest BCUT2D eigenvalue weighted by Gasteiger charge is 2.43. The molecule has 12 heteroatoms. The van der Waals surface area contributed by atoms with E-state index in [2.05, 4.69) is 20.6 Å². The molecule has 5 rings (SSSR count). The van der Waals surface area contributed by atoms with Crippen molar-refractivity contribution in [2.24, 2.45) is 5.92 Å². The number of nitrogens with zero attached hydrogens (tertiary/aromatic N) is 4. The van der Waals surface area contributed by atoms with Gasteiger partial charge >= 0.3 is 12.1 Å². The molecule has 1 unspecified atom stereocenters. The van der Waals surface area contributed by atoms with Crippen molar-refractivity contribution in [2.45, 2.75) is 69.6 Å². The van der Waals surface area contributed by atoms with Gasteiger partial charge in [0, 0.05) is 18.2 Å². The van der Waals surface area contributed by atoms with E-state index in [0.29, 0.717) is 23.7 Å². The number of alkyl halides is 3. The molecule has 2 fully saturated rings. The molecule has 9 nitrogen and oxygen atoms in total. The van der Waals surface area contributed by atoms with Crippen LogP contribution in [-0.4, -0.2) is 45.5 Å². The standard InChI is InChI=1S/C22H27F3N6O3/c1-21(2,19(32)33-3)16-15-18(31(30-16)12-5-4-6-12)29-20-26-9-13(22(23,24)25)17(28-20)27-14-8-7-11(14)10-34-15/h9,11-12,14H,4-8,10H2,1-3H3,(H2,26,27,28,29)/t11?,14-/m1/s1. The minimum atomic E-state index is -4.59. The van der Waals surface area contributed by atoms with E-state index in [0.717, 1.165) is 31.9 Å². The summed E-state index contributed by atoms with van der Waals surface area (Å²) in [6.07, 6.45) is 0.502. The van der Waals surface area contributed by atoms with Gasteiger partial charge in [-0.1, -0.05) is 0 Å². The summed E-state index contributed by atoms with van der Waals surface area (Å²) in [5.41, 5.74) is -1.62. The fourth-order valence-electron chi connectivity index (χ4n) is 4.52. The number of esters is 1. The zero-order valence-electron chi connectivity index (χ0n) is 19.2. The Morgan fingerprint density at radius 3 is 2.59 bits per heavy atom. The van der Waals surface area contributed by atoms with Crippen molar-refractivity contribution in [1.82, 2.24) is 19.7 Å². The van der Waals surface area contributed by atoms with Crippen LogP contribution < -0.4 is 15.4 Å². The topological polar surface area (TPSA) is 103 Å². The molecule has 2 aromatic rings. The van der Waals surface area contributed by atoms with Crippen LogP contribution in [-0.2, 0) is 21.1 Å². The van der Waals surface area contributed by atoms with Crippen molar-refractivity contribution < 1.29 is 27.4 Å². The maximum atomic E-state index is 13.6. The number of methoxy groups -OCH3 is 1. The number of carbonyl (C=O) groups excluding carboxylic acids is 1. The van der Waals surface area contributed by atoms with Gasteiger partial charge < -0.3 is 20.1 Å². The first kappa shape index (κ1) is 22.7. The molecule has 0 radical (unpaired) electrons. The van der Waals surface area contributed by atoms with E-state index in [4.69, 9.17) is 14.6 Å². The van der Waals surface area contributed by atoms with E-state index in [9.17, 15) is 18.0 Å². The summed E-state index contributed by atoms with van der Waals surface area (Å²) in [6, 6.07) is -0.148. The molecule has 0 aromatic carbocycles. The third-order valence-corrected chi connectivity index (χ3v) is 7.08. The lowest BCUT2D eigenvalue weighted by Gasteiger charge is -2.37. The fraction of sp³-hybridized carbons (Fsp3) is 0.636. The van der Waals surface area contributed by atoms with E-state index < -0.39 is 23.1 Å². The van der Waals surface area contributed by atoms with Crippen LogP contribution in [0.3, 0.4) is 0 Å². The van der Waals surface area contributed by atoms with E-state index in [-0.39, 0.29) is 36.4 Å². The van der Waals surface area contributed by atoms with Crippen molar-refractivity contribution in [2.75, 3.05) is 24.4 Å². The molecule has 0 spiro atoms. The molecule has 3 aliphatic rings. The molecule has 2 aliphatic carbocycles. The highest BCUT2D eigenvalue weighted by atomic mass is 19.4. The Hall–Kier alpha value is -3.05. The van der Waals surface area contributed by atoms with E-state index in [1.165, 1.54) is 7.11 Å². The lowest BCUT2D eigenvalue weighted by molar-refractivity contribution is -0.146. The fourth-order valence-corrected chi connectivity index (χ4v) is 4.52. The van der Waals surface area contributed by atoms with Crippen molar-refractivity contribution in [3.63, 3.8) is 0 Å². The van der Waals surface area contributed by atoms with Gasteiger partial charge in [0.25, 0.3) is 0 Å². The maximum absolute atomic E-state index is 13.6. The van der Waals surface area contributed by atoms with Crippen LogP contribution in [0.25, 0.3) is 0 Å². The van der Waals surface area contributed by atoms with Crippen LogP contribution in [0.2, 0.25) is 0 Å². The lowest BCUT2D eigenvalue weighted by atomic mass is 9.80. The van der Waals surface area contributed by atoms with Gasteiger partial charge in [-0.3, -0.25) is 4.79 Å². The van der Waals surface area contributed by atoms with Crippen molar-refractivity contribution in [3.8, 4) is 5.75 Å². The summed E-state index contributed by atoms with van der Waals surface area (Å²) in [6.45, 7) is 3.68. The second-order valence-corrected chi connectivity index (χ2v) is 9.65. The molecule has 2 N–H and O–H groups in total. The number of fused-ring (bicyclic) bond motifs is 4. The number of carbonyl (C=O) groups is 1. The van der Waals surface area contributed by atoms with Crippen LogP contribution >= 0.6 is 0 Å². The number of rotatable bonds is 3. The molecular weight excluding hydrogens is 453 g/mol. The Morgan fingerprint density at radius 1 is 1.24 bits per heavy atom. The molecule has 1 aliphatic heterocycles. The summed E-state index contributed by atoms with van der Waals surface area (Å²) in [5, 5.41) is 10.8. The summed E-state index contributed by atoms with van der Waals surface area (Å²) < 4.78 is 53.9. The van der Waals surface area contributed by atoms with Gasteiger partial charge in [-0.2, -0.15) is 23.3 Å². The summed E-state index contributed by atoms with van der Waals surface area (Å²) >= 11 is 0. The van der Waals surface area contributed by atoms with Gasteiger partial charge in [-0.05, 0) is 46.0 Å². The van der Waals surface area contributed by atoms with E-state index in [1.807, 2.05) is 0 Å². The number of halogens is 3. The molecule has 184 valence electrons. The third-order valence-electron chi connectivity index (χ3n) is 7.08. The van der Waals surface area contributed by atoms with Gasteiger partial charge in [0.2, 0.25) is 5.95 Å².